The molecule has 1 heterocycles. The molecule has 0 aromatic heterocycles. The highest BCUT2D eigenvalue weighted by Crippen LogP contribution is 2.26. The second kappa shape index (κ2) is 7.87. The van der Waals surface area contributed by atoms with E-state index in [0.717, 1.165) is 22.7 Å². The number of nitrogens with zero attached hydrogens (tertiary/aromatic N) is 1. The lowest BCUT2D eigenvalue weighted by atomic mass is 10.2. The third kappa shape index (κ3) is 4.00. The van der Waals surface area contributed by atoms with Crippen LogP contribution in [0.2, 0.25) is 0 Å². The monoisotopic (exact) mass is 380 g/mol. The number of phenolic OH excluding ortho intramolecular Hbond substituents is 1. The van der Waals surface area contributed by atoms with Gasteiger partial charge in [-0.2, -0.15) is 0 Å². The standard InChI is InChI=1S/C19H20F3N3O2/c1-12(19(27)23-14-7-6-13(20)17(21)18(14)22)24-8-10-25(11-9-24)15-4-2-3-5-16(15)26/h2-7,12,26H,8-11H2,1H3,(H,23,27)/p+1/t12-/m1/s1. The van der Waals surface area contributed by atoms with E-state index in [1.54, 1.807) is 19.1 Å². The summed E-state index contributed by atoms with van der Waals surface area (Å²) in [5.74, 6) is -4.57. The van der Waals surface area contributed by atoms with Crippen molar-refractivity contribution in [3.05, 3.63) is 53.8 Å². The number of carbonyl (C=O) groups excluding carboxylic acids is 1. The molecule has 3 rings (SSSR count). The number of amides is 1. The van der Waals surface area contributed by atoms with Crippen molar-refractivity contribution in [1.82, 2.24) is 0 Å². The minimum absolute atomic E-state index is 0.209. The van der Waals surface area contributed by atoms with Crippen molar-refractivity contribution in [3.8, 4) is 5.75 Å². The lowest BCUT2D eigenvalue weighted by Crippen LogP contribution is -3.19. The average Bonchev–Trinajstić information content (AvgIpc) is 2.68. The first-order valence-corrected chi connectivity index (χ1v) is 8.70. The van der Waals surface area contributed by atoms with Crippen LogP contribution < -0.4 is 15.1 Å². The van der Waals surface area contributed by atoms with Crippen LogP contribution in [0.1, 0.15) is 6.92 Å². The molecule has 0 spiro atoms. The van der Waals surface area contributed by atoms with Crippen molar-refractivity contribution < 1.29 is 28.0 Å². The van der Waals surface area contributed by atoms with Crippen molar-refractivity contribution in [2.24, 2.45) is 0 Å². The number of piperazine rings is 1. The molecule has 1 fully saturated rings. The maximum atomic E-state index is 13.7. The quantitative estimate of drug-likeness (QED) is 0.706. The number of anilines is 2. The van der Waals surface area contributed by atoms with Crippen LogP contribution in [0, 0.1) is 17.5 Å². The van der Waals surface area contributed by atoms with Crippen molar-refractivity contribution in [2.75, 3.05) is 36.4 Å². The summed E-state index contributed by atoms with van der Waals surface area (Å²) in [4.78, 5) is 15.4. The summed E-state index contributed by atoms with van der Waals surface area (Å²) in [5, 5.41) is 12.3. The number of carbonyl (C=O) groups is 1. The SMILES string of the molecule is C[C@H](C(=O)Nc1ccc(F)c(F)c1F)[NH+]1CCN(c2ccccc2O)CC1. The molecule has 1 aliphatic rings. The Morgan fingerprint density at radius 2 is 1.78 bits per heavy atom. The molecule has 144 valence electrons. The first-order valence-electron chi connectivity index (χ1n) is 8.70. The largest absolute Gasteiger partial charge is 0.506 e. The number of quaternary nitrogens is 1. The Kier molecular flexibility index (Phi) is 5.55. The van der Waals surface area contributed by atoms with Crippen LogP contribution in [-0.4, -0.2) is 43.2 Å². The molecular weight excluding hydrogens is 359 g/mol. The van der Waals surface area contributed by atoms with E-state index in [4.69, 9.17) is 0 Å². The van der Waals surface area contributed by atoms with Gasteiger partial charge in [0.15, 0.2) is 23.5 Å². The Morgan fingerprint density at radius 3 is 2.44 bits per heavy atom. The van der Waals surface area contributed by atoms with Crippen LogP contribution >= 0.6 is 0 Å². The fourth-order valence-electron chi connectivity index (χ4n) is 3.25. The number of phenols is 1. The third-order valence-electron chi connectivity index (χ3n) is 4.93. The highest BCUT2D eigenvalue weighted by atomic mass is 19.2. The van der Waals surface area contributed by atoms with Crippen molar-refractivity contribution in [3.63, 3.8) is 0 Å². The number of aromatic hydroxyl groups is 1. The summed E-state index contributed by atoms with van der Waals surface area (Å²) < 4.78 is 40.0. The van der Waals surface area contributed by atoms with Gasteiger partial charge < -0.3 is 20.2 Å². The van der Waals surface area contributed by atoms with Gasteiger partial charge in [0.05, 0.1) is 37.6 Å². The minimum Gasteiger partial charge on any atom is -0.506 e. The van der Waals surface area contributed by atoms with Crippen LogP contribution in [0.5, 0.6) is 5.75 Å². The van der Waals surface area contributed by atoms with E-state index >= 15 is 0 Å². The molecule has 2 aromatic carbocycles. The van der Waals surface area contributed by atoms with E-state index in [1.165, 1.54) is 0 Å². The van der Waals surface area contributed by atoms with Crippen molar-refractivity contribution in [1.29, 1.82) is 0 Å². The summed E-state index contributed by atoms with van der Waals surface area (Å²) in [6, 6.07) is 8.35. The summed E-state index contributed by atoms with van der Waals surface area (Å²) in [5.41, 5.74) is 0.371. The number of para-hydroxylation sites is 2. The minimum atomic E-state index is -1.61. The van der Waals surface area contributed by atoms with E-state index in [9.17, 15) is 23.1 Å². The maximum Gasteiger partial charge on any atom is 0.282 e. The molecule has 1 aliphatic heterocycles. The van der Waals surface area contributed by atoms with E-state index < -0.39 is 29.4 Å². The zero-order valence-corrected chi connectivity index (χ0v) is 14.8. The average molecular weight is 380 g/mol. The van der Waals surface area contributed by atoms with Crippen LogP contribution in [0.25, 0.3) is 0 Å². The number of halogens is 3. The second-order valence-electron chi connectivity index (χ2n) is 6.57. The van der Waals surface area contributed by atoms with Crippen LogP contribution in [-0.2, 0) is 4.79 Å². The molecule has 1 atom stereocenters. The first kappa shape index (κ1) is 19.0. The lowest BCUT2D eigenvalue weighted by Gasteiger charge is -2.36. The lowest BCUT2D eigenvalue weighted by molar-refractivity contribution is -0.914. The molecule has 0 unspecified atom stereocenters. The van der Waals surface area contributed by atoms with Gasteiger partial charge in [-0.15, -0.1) is 0 Å². The van der Waals surface area contributed by atoms with Gasteiger partial charge in [0.25, 0.3) is 5.91 Å². The number of hydrogen-bond acceptors (Lipinski definition) is 3. The van der Waals surface area contributed by atoms with Crippen molar-refractivity contribution >= 4 is 17.3 Å². The summed E-state index contributed by atoms with van der Waals surface area (Å²) in [6.45, 7) is 4.28. The van der Waals surface area contributed by atoms with Gasteiger partial charge in [-0.3, -0.25) is 4.79 Å². The van der Waals surface area contributed by atoms with Crippen LogP contribution in [0.15, 0.2) is 36.4 Å². The zero-order chi connectivity index (χ0) is 19.6. The Hall–Kier alpha value is -2.74. The van der Waals surface area contributed by atoms with E-state index in [-0.39, 0.29) is 11.4 Å². The van der Waals surface area contributed by atoms with E-state index in [1.807, 2.05) is 17.0 Å². The number of benzene rings is 2. The van der Waals surface area contributed by atoms with Gasteiger partial charge in [0, 0.05) is 0 Å². The molecule has 0 bridgehead atoms. The number of nitrogens with one attached hydrogen (secondary N) is 2. The molecule has 8 heteroatoms. The normalized spacial score (nSPS) is 16.2. The van der Waals surface area contributed by atoms with Crippen molar-refractivity contribution in [2.45, 2.75) is 13.0 Å². The number of rotatable bonds is 4. The molecule has 3 N–H and O–H groups in total. The molecular formula is C19H21F3N3O2+. The van der Waals surface area contributed by atoms with E-state index in [2.05, 4.69) is 5.32 Å². The highest BCUT2D eigenvalue weighted by Gasteiger charge is 2.30. The first-order chi connectivity index (χ1) is 12.9. The molecule has 0 radical (unpaired) electrons. The summed E-state index contributed by atoms with van der Waals surface area (Å²) in [6.07, 6.45) is 0. The van der Waals surface area contributed by atoms with Crippen LogP contribution in [0.3, 0.4) is 0 Å². The fraction of sp³-hybridized carbons (Fsp3) is 0.316. The molecule has 27 heavy (non-hydrogen) atoms. The van der Waals surface area contributed by atoms with Gasteiger partial charge in [0.1, 0.15) is 5.75 Å². The summed E-state index contributed by atoms with van der Waals surface area (Å²) >= 11 is 0. The molecule has 0 aliphatic carbocycles. The predicted octanol–water partition coefficient (Wildman–Crippen LogP) is 1.54. The Morgan fingerprint density at radius 1 is 1.11 bits per heavy atom. The number of hydrogen-bond donors (Lipinski definition) is 3. The van der Waals surface area contributed by atoms with Gasteiger partial charge >= 0.3 is 0 Å². The maximum absolute atomic E-state index is 13.7. The Labute approximate surface area is 155 Å². The molecule has 5 nitrogen and oxygen atoms in total. The van der Waals surface area contributed by atoms with Gasteiger partial charge in [-0.05, 0) is 31.2 Å². The second-order valence-corrected chi connectivity index (χ2v) is 6.57. The van der Waals surface area contributed by atoms with Gasteiger partial charge in [0.2, 0.25) is 0 Å². The smallest absolute Gasteiger partial charge is 0.282 e. The summed E-state index contributed by atoms with van der Waals surface area (Å²) in [7, 11) is 0. The topological polar surface area (TPSA) is 57.0 Å². The zero-order valence-electron chi connectivity index (χ0n) is 14.8. The van der Waals surface area contributed by atoms with Gasteiger partial charge in [-0.1, -0.05) is 12.1 Å². The fourth-order valence-corrected chi connectivity index (χ4v) is 3.25. The highest BCUT2D eigenvalue weighted by molar-refractivity contribution is 5.93. The predicted molar refractivity (Wildman–Crippen MR) is 95.4 cm³/mol. The Balaban J connectivity index is 1.61. The third-order valence-corrected chi connectivity index (χ3v) is 4.93. The molecule has 1 amide bonds. The molecule has 1 saturated heterocycles. The van der Waals surface area contributed by atoms with Gasteiger partial charge in [-0.25, -0.2) is 13.2 Å². The Bertz CT molecular complexity index is 839. The van der Waals surface area contributed by atoms with E-state index in [0.29, 0.717) is 26.2 Å². The molecule has 0 saturated carbocycles. The molecule has 2 aromatic rings. The van der Waals surface area contributed by atoms with Crippen LogP contribution in [0.4, 0.5) is 24.5 Å².